The number of amides is 2. The number of ether oxygens (including phenoxy) is 1. The number of anilines is 2. The van der Waals surface area contributed by atoms with Crippen molar-refractivity contribution in [3.05, 3.63) is 95.8 Å². The first-order valence-electron chi connectivity index (χ1n) is 11.6. The first-order valence-corrected chi connectivity index (χ1v) is 11.6. The number of hydrogen-bond acceptors (Lipinski definition) is 3. The van der Waals surface area contributed by atoms with Crippen LogP contribution in [0.15, 0.2) is 78.9 Å². The highest BCUT2D eigenvalue weighted by Gasteiger charge is 2.41. The maximum absolute atomic E-state index is 13.5. The third-order valence-electron chi connectivity index (χ3n) is 6.43. The number of carbonyl (C=O) groups is 2. The molecule has 0 radical (unpaired) electrons. The van der Waals surface area contributed by atoms with Gasteiger partial charge in [-0.25, -0.2) is 4.39 Å². The molecule has 0 aromatic heterocycles. The van der Waals surface area contributed by atoms with Gasteiger partial charge in [-0.05, 0) is 67.3 Å². The molecule has 4 rings (SSSR count). The Bertz CT molecular complexity index is 1110. The smallest absolute Gasteiger partial charge is 0.235 e. The number of carbonyl (C=O) groups excluding carboxylic acids is 2. The van der Waals surface area contributed by atoms with Gasteiger partial charge in [0.05, 0.1) is 11.8 Å². The van der Waals surface area contributed by atoms with Crippen LogP contribution in [0.4, 0.5) is 15.8 Å². The van der Waals surface area contributed by atoms with Crippen molar-refractivity contribution in [1.29, 1.82) is 0 Å². The van der Waals surface area contributed by atoms with E-state index in [-0.39, 0.29) is 24.1 Å². The molecule has 1 aliphatic rings. The molecule has 2 amide bonds. The summed E-state index contributed by atoms with van der Waals surface area (Å²) < 4.78 is 19.0. The Morgan fingerprint density at radius 1 is 0.941 bits per heavy atom. The minimum absolute atomic E-state index is 0.0166. The molecule has 1 N–H and O–H groups in total. The molecule has 0 spiro atoms. The molecule has 34 heavy (non-hydrogen) atoms. The van der Waals surface area contributed by atoms with Crippen molar-refractivity contribution in [2.24, 2.45) is 0 Å². The number of halogens is 1. The van der Waals surface area contributed by atoms with Gasteiger partial charge in [0, 0.05) is 31.1 Å². The van der Waals surface area contributed by atoms with Crippen molar-refractivity contribution >= 4 is 23.2 Å². The molecule has 176 valence electrons. The van der Waals surface area contributed by atoms with Gasteiger partial charge < -0.3 is 15.0 Å². The summed E-state index contributed by atoms with van der Waals surface area (Å²) in [7, 11) is 0. The molecule has 0 unspecified atom stereocenters. The molecule has 1 fully saturated rings. The van der Waals surface area contributed by atoms with Gasteiger partial charge in [0.15, 0.2) is 0 Å². The maximum Gasteiger partial charge on any atom is 0.235 e. The van der Waals surface area contributed by atoms with Crippen LogP contribution >= 0.6 is 0 Å². The van der Waals surface area contributed by atoms with Crippen molar-refractivity contribution in [2.45, 2.75) is 31.6 Å². The Morgan fingerprint density at radius 2 is 1.59 bits per heavy atom. The lowest BCUT2D eigenvalue weighted by molar-refractivity contribution is -0.125. The fourth-order valence-corrected chi connectivity index (χ4v) is 4.47. The molecule has 1 saturated heterocycles. The Kier molecular flexibility index (Phi) is 7.38. The van der Waals surface area contributed by atoms with E-state index in [1.165, 1.54) is 12.1 Å². The van der Waals surface area contributed by atoms with Crippen LogP contribution in [0.5, 0.6) is 0 Å². The number of para-hydroxylation sites is 1. The van der Waals surface area contributed by atoms with Crippen LogP contribution in [0, 0.1) is 5.82 Å². The van der Waals surface area contributed by atoms with Gasteiger partial charge in [0.2, 0.25) is 11.8 Å². The summed E-state index contributed by atoms with van der Waals surface area (Å²) >= 11 is 0. The summed E-state index contributed by atoms with van der Waals surface area (Å²) in [5.41, 5.74) is 2.43. The third kappa shape index (κ3) is 5.18. The molecule has 0 aliphatic carbocycles. The zero-order valence-corrected chi connectivity index (χ0v) is 19.3. The quantitative estimate of drug-likeness (QED) is 0.533. The molecule has 3 aromatic carbocycles. The van der Waals surface area contributed by atoms with Crippen LogP contribution in [0.3, 0.4) is 0 Å². The second-order valence-electron chi connectivity index (χ2n) is 8.50. The van der Waals surface area contributed by atoms with Crippen molar-refractivity contribution in [3.8, 4) is 0 Å². The van der Waals surface area contributed by atoms with E-state index in [0.717, 1.165) is 16.8 Å². The highest BCUT2D eigenvalue weighted by atomic mass is 19.1. The van der Waals surface area contributed by atoms with Gasteiger partial charge >= 0.3 is 0 Å². The molecular formula is C28H29FN2O3. The standard InChI is InChI=1S/C28H29FN2O3/c1-2-31(25-6-4-3-5-7-25)26(32)20-21-8-14-24(15-9-21)30-27(33)28(16-18-34-19-17-28)22-10-12-23(29)13-11-22/h3-15H,2,16-20H2,1H3,(H,30,33). The maximum atomic E-state index is 13.5. The average Bonchev–Trinajstić information content (AvgIpc) is 2.87. The molecule has 6 heteroatoms. The highest BCUT2D eigenvalue weighted by Crippen LogP contribution is 2.36. The van der Waals surface area contributed by atoms with Crippen LogP contribution in [-0.4, -0.2) is 31.6 Å². The molecule has 0 bridgehead atoms. The van der Waals surface area contributed by atoms with Crippen molar-refractivity contribution in [3.63, 3.8) is 0 Å². The van der Waals surface area contributed by atoms with Crippen LogP contribution in [0.1, 0.15) is 30.9 Å². The Balaban J connectivity index is 1.45. The topological polar surface area (TPSA) is 58.6 Å². The number of hydrogen-bond donors (Lipinski definition) is 1. The second-order valence-corrected chi connectivity index (χ2v) is 8.50. The van der Waals surface area contributed by atoms with Gasteiger partial charge in [-0.1, -0.05) is 42.5 Å². The molecule has 3 aromatic rings. The van der Waals surface area contributed by atoms with E-state index >= 15 is 0 Å². The molecule has 5 nitrogen and oxygen atoms in total. The number of nitrogens with one attached hydrogen (secondary N) is 1. The van der Waals surface area contributed by atoms with Crippen molar-refractivity contribution in [1.82, 2.24) is 0 Å². The first kappa shape index (κ1) is 23.6. The minimum Gasteiger partial charge on any atom is -0.381 e. The van der Waals surface area contributed by atoms with E-state index in [9.17, 15) is 14.0 Å². The molecule has 1 aliphatic heterocycles. The van der Waals surface area contributed by atoms with E-state index < -0.39 is 5.41 Å². The van der Waals surface area contributed by atoms with Crippen molar-refractivity contribution in [2.75, 3.05) is 30.0 Å². The summed E-state index contributed by atoms with van der Waals surface area (Å²) in [4.78, 5) is 28.0. The lowest BCUT2D eigenvalue weighted by Gasteiger charge is -2.36. The zero-order valence-electron chi connectivity index (χ0n) is 19.3. The van der Waals surface area contributed by atoms with E-state index in [1.54, 1.807) is 17.0 Å². The van der Waals surface area contributed by atoms with Crippen LogP contribution in [0.2, 0.25) is 0 Å². The highest BCUT2D eigenvalue weighted by molar-refractivity contribution is 5.99. The lowest BCUT2D eigenvalue weighted by atomic mass is 9.73. The monoisotopic (exact) mass is 460 g/mol. The number of nitrogens with zero attached hydrogens (tertiary/aromatic N) is 1. The normalized spacial score (nSPS) is 14.9. The Labute approximate surface area is 199 Å². The van der Waals surface area contributed by atoms with E-state index in [2.05, 4.69) is 5.32 Å². The van der Waals surface area contributed by atoms with Crippen LogP contribution in [0.25, 0.3) is 0 Å². The van der Waals surface area contributed by atoms with Gasteiger partial charge in [-0.15, -0.1) is 0 Å². The predicted octanol–water partition coefficient (Wildman–Crippen LogP) is 5.11. The van der Waals surface area contributed by atoms with E-state index in [0.29, 0.717) is 38.3 Å². The third-order valence-corrected chi connectivity index (χ3v) is 6.43. The summed E-state index contributed by atoms with van der Waals surface area (Å²) in [6.45, 7) is 3.49. The van der Waals surface area contributed by atoms with E-state index in [1.807, 2.05) is 61.5 Å². The second kappa shape index (κ2) is 10.6. The average molecular weight is 461 g/mol. The van der Waals surface area contributed by atoms with Crippen LogP contribution in [-0.2, 0) is 26.2 Å². The van der Waals surface area contributed by atoms with Gasteiger partial charge in [-0.3, -0.25) is 9.59 Å². The number of likely N-dealkylation sites (N-methyl/N-ethyl adjacent to an activating group) is 1. The Hall–Kier alpha value is -3.51. The first-order chi connectivity index (χ1) is 16.5. The number of benzene rings is 3. The fourth-order valence-electron chi connectivity index (χ4n) is 4.47. The predicted molar refractivity (Wildman–Crippen MR) is 131 cm³/mol. The van der Waals surface area contributed by atoms with Crippen molar-refractivity contribution < 1.29 is 18.7 Å². The molecule has 1 heterocycles. The van der Waals surface area contributed by atoms with Crippen LogP contribution < -0.4 is 10.2 Å². The SMILES string of the molecule is CCN(C(=O)Cc1ccc(NC(=O)C2(c3ccc(F)cc3)CCOCC2)cc1)c1ccccc1. The summed E-state index contributed by atoms with van der Waals surface area (Å²) in [6.07, 6.45) is 1.33. The van der Waals surface area contributed by atoms with Gasteiger partial charge in [0.1, 0.15) is 5.82 Å². The molecule has 0 atom stereocenters. The number of rotatable bonds is 7. The van der Waals surface area contributed by atoms with Gasteiger partial charge in [-0.2, -0.15) is 0 Å². The minimum atomic E-state index is -0.766. The molecular weight excluding hydrogens is 431 g/mol. The summed E-state index contributed by atoms with van der Waals surface area (Å²) in [5, 5.41) is 3.02. The lowest BCUT2D eigenvalue weighted by Crippen LogP contribution is -2.44. The molecule has 0 saturated carbocycles. The van der Waals surface area contributed by atoms with Gasteiger partial charge in [0.25, 0.3) is 0 Å². The largest absolute Gasteiger partial charge is 0.381 e. The Morgan fingerprint density at radius 3 is 2.21 bits per heavy atom. The summed E-state index contributed by atoms with van der Waals surface area (Å²) in [6, 6.07) is 23.1. The van der Waals surface area contributed by atoms with E-state index in [4.69, 9.17) is 4.74 Å². The fraction of sp³-hybridized carbons (Fsp3) is 0.286. The zero-order chi connectivity index (χ0) is 24.0. The summed E-state index contributed by atoms with van der Waals surface area (Å²) in [5.74, 6) is -0.444.